The minimum atomic E-state index is -4.54. The van der Waals surface area contributed by atoms with E-state index in [-0.39, 0.29) is 35.9 Å². The summed E-state index contributed by atoms with van der Waals surface area (Å²) in [5.74, 6) is 2.08. The van der Waals surface area contributed by atoms with Crippen molar-refractivity contribution in [1.29, 1.82) is 0 Å². The Kier molecular flexibility index (Phi) is 15.4. The van der Waals surface area contributed by atoms with Crippen molar-refractivity contribution in [2.45, 2.75) is 133 Å². The van der Waals surface area contributed by atoms with Crippen LogP contribution < -0.4 is 25.8 Å². The number of likely N-dealkylation sites (tertiary alicyclic amines) is 1. The van der Waals surface area contributed by atoms with Gasteiger partial charge in [-0.2, -0.15) is 13.2 Å². The molecule has 0 spiro atoms. The molecule has 0 aliphatic carbocycles. The van der Waals surface area contributed by atoms with Gasteiger partial charge in [-0.05, 0) is 86.4 Å². The highest BCUT2D eigenvalue weighted by Gasteiger charge is 2.40. The Morgan fingerprint density at radius 1 is 0.969 bits per heavy atom. The molecule has 13 nitrogen and oxygen atoms in total. The van der Waals surface area contributed by atoms with Gasteiger partial charge < -0.3 is 30.3 Å². The Balaban J connectivity index is 0.789. The van der Waals surface area contributed by atoms with Crippen LogP contribution in [0.3, 0.4) is 0 Å². The molecular formula is C48H58F3N7O6S. The minimum absolute atomic E-state index is 0.0120. The maximum absolute atomic E-state index is 13.5. The van der Waals surface area contributed by atoms with Crippen molar-refractivity contribution in [3.8, 4) is 11.5 Å². The lowest BCUT2D eigenvalue weighted by Crippen LogP contribution is -2.52. The van der Waals surface area contributed by atoms with Crippen molar-refractivity contribution in [2.24, 2.45) is 0 Å². The van der Waals surface area contributed by atoms with E-state index in [1.54, 1.807) is 49.8 Å². The van der Waals surface area contributed by atoms with Crippen LogP contribution in [0.5, 0.6) is 11.5 Å². The number of thioether (sulfide) groups is 1. The van der Waals surface area contributed by atoms with Crippen molar-refractivity contribution < 1.29 is 41.8 Å². The molecule has 0 radical (unpaired) electrons. The number of nitrogens with zero attached hydrogens (tertiary/aromatic N) is 4. The monoisotopic (exact) mass is 917 g/mol. The first kappa shape index (κ1) is 47.4. The van der Waals surface area contributed by atoms with Crippen LogP contribution in [0.25, 0.3) is 10.9 Å². The summed E-state index contributed by atoms with van der Waals surface area (Å²) in [6.07, 6.45) is 6.79. The molecule has 1 aromatic heterocycles. The summed E-state index contributed by atoms with van der Waals surface area (Å²) in [6, 6.07) is 11.6. The number of nitrogen functional groups attached to an aromatic ring is 1. The lowest BCUT2D eigenvalue weighted by atomic mass is 10.0. The van der Waals surface area contributed by atoms with Crippen molar-refractivity contribution in [3.63, 3.8) is 0 Å². The first-order valence-electron chi connectivity index (χ1n) is 22.6. The molecule has 65 heavy (non-hydrogen) atoms. The van der Waals surface area contributed by atoms with Crippen LogP contribution in [0, 0.1) is 6.92 Å². The van der Waals surface area contributed by atoms with Gasteiger partial charge in [-0.15, -0.1) is 11.8 Å². The van der Waals surface area contributed by atoms with E-state index in [1.807, 2.05) is 23.1 Å². The molecule has 348 valence electrons. The molecule has 1 unspecified atom stereocenters. The summed E-state index contributed by atoms with van der Waals surface area (Å²) in [6.45, 7) is 4.92. The number of unbranched alkanes of at least 4 members (excludes halogenated alkanes) is 8. The molecule has 3 aromatic carbocycles. The summed E-state index contributed by atoms with van der Waals surface area (Å²) in [4.78, 5) is 64.0. The number of nitrogens with one attached hydrogen (secondary N) is 2. The largest absolute Gasteiger partial charge is 0.493 e. The van der Waals surface area contributed by atoms with E-state index in [9.17, 15) is 32.3 Å². The highest BCUT2D eigenvalue weighted by molar-refractivity contribution is 7.99. The zero-order valence-electron chi connectivity index (χ0n) is 37.2. The highest BCUT2D eigenvalue weighted by Crippen LogP contribution is 2.39. The van der Waals surface area contributed by atoms with Gasteiger partial charge in [0.25, 0.3) is 5.91 Å². The van der Waals surface area contributed by atoms with Gasteiger partial charge in [-0.3, -0.25) is 24.5 Å². The van der Waals surface area contributed by atoms with E-state index in [2.05, 4.69) is 20.6 Å². The number of aryl methyl sites for hydroxylation is 1. The van der Waals surface area contributed by atoms with Gasteiger partial charge in [-0.1, -0.05) is 51.0 Å². The summed E-state index contributed by atoms with van der Waals surface area (Å²) in [5.41, 5.74) is 7.59. The van der Waals surface area contributed by atoms with Gasteiger partial charge in [0.05, 0.1) is 30.8 Å². The number of benzene rings is 3. The number of rotatable bonds is 20. The second-order valence-electron chi connectivity index (χ2n) is 17.2. The van der Waals surface area contributed by atoms with Crippen LogP contribution in [-0.2, 0) is 27.1 Å². The van der Waals surface area contributed by atoms with Crippen molar-refractivity contribution >= 4 is 57.8 Å². The van der Waals surface area contributed by atoms with Gasteiger partial charge in [0, 0.05) is 60.0 Å². The smallest absolute Gasteiger partial charge is 0.416 e. The first-order valence-corrected chi connectivity index (χ1v) is 23.6. The van der Waals surface area contributed by atoms with E-state index in [1.165, 1.54) is 25.3 Å². The van der Waals surface area contributed by atoms with Crippen LogP contribution in [0.15, 0.2) is 53.4 Å². The number of ether oxygens (including phenoxy) is 2. The molecule has 2 saturated heterocycles. The van der Waals surface area contributed by atoms with E-state index in [0.717, 1.165) is 66.9 Å². The van der Waals surface area contributed by atoms with E-state index >= 15 is 0 Å². The summed E-state index contributed by atoms with van der Waals surface area (Å²) >= 11 is 1.76. The van der Waals surface area contributed by atoms with Gasteiger partial charge in [-0.25, -0.2) is 9.97 Å². The number of alkyl halides is 3. The number of methoxy groups -OCH3 is 1. The van der Waals surface area contributed by atoms with Gasteiger partial charge in [0.1, 0.15) is 23.8 Å². The topological polar surface area (TPSA) is 169 Å². The number of hydrogen-bond acceptors (Lipinski definition) is 11. The number of carbonyl (C=O) groups excluding carboxylic acids is 4. The lowest BCUT2D eigenvalue weighted by molar-refractivity contribution is -0.138. The molecule has 2 fully saturated rings. The molecule has 0 bridgehead atoms. The quantitative estimate of drug-likeness (QED) is 0.0335. The second-order valence-corrected chi connectivity index (χ2v) is 18.4. The Hall–Kier alpha value is -5.58. The SMILES string of the molecule is COc1cc2nc(C)nc(N[C@H](C)c3cc(N)cc(C(F)(F)F)c3)c2cc1O[C@H]1CCN(C(=O)CCCCCCCCCCCSc2cccc3c2CN(C2CCC(=O)NC2=O)C3=O)C1. The molecule has 4 amide bonds. The maximum Gasteiger partial charge on any atom is 0.416 e. The fourth-order valence-electron chi connectivity index (χ4n) is 8.87. The van der Waals surface area contributed by atoms with Gasteiger partial charge >= 0.3 is 6.18 Å². The Bertz CT molecular complexity index is 2400. The molecule has 4 N–H and O–H groups in total. The van der Waals surface area contributed by atoms with Crippen LogP contribution in [0.4, 0.5) is 24.7 Å². The number of imide groups is 1. The molecule has 4 heterocycles. The standard InChI is InChI=1S/C48H58F3N7O6S/c1-29(31-22-32(48(49,50)51)24-33(52)23-31)53-45-36-25-41(40(63-3)26-38(36)54-30(2)55-45)64-34-19-20-57(27-34)44(60)16-11-9-7-5-4-6-8-10-12-21-65-42-15-13-14-35-37(42)28-58(47(35)62)39-17-18-43(59)56-46(39)61/h13-15,22-26,29,34,39H,4-12,16-21,27-28,52H2,1-3H3,(H,53,54,55)(H,56,59,61)/t29-,34+,39?/m1/s1. The number of amides is 4. The Labute approximate surface area is 381 Å². The summed E-state index contributed by atoms with van der Waals surface area (Å²) < 4.78 is 52.7. The average molecular weight is 918 g/mol. The van der Waals surface area contributed by atoms with E-state index in [0.29, 0.717) is 84.1 Å². The molecule has 0 saturated carbocycles. The zero-order valence-corrected chi connectivity index (χ0v) is 38.0. The number of halogens is 3. The third-order valence-electron chi connectivity index (χ3n) is 12.4. The summed E-state index contributed by atoms with van der Waals surface area (Å²) in [5, 5.41) is 6.22. The van der Waals surface area contributed by atoms with Crippen LogP contribution in [0.1, 0.15) is 129 Å². The van der Waals surface area contributed by atoms with Gasteiger partial charge in [0.2, 0.25) is 17.7 Å². The Morgan fingerprint density at radius 3 is 2.43 bits per heavy atom. The minimum Gasteiger partial charge on any atom is -0.493 e. The Morgan fingerprint density at radius 2 is 1.71 bits per heavy atom. The normalized spacial score (nSPS) is 18.0. The highest BCUT2D eigenvalue weighted by atomic mass is 32.2. The predicted molar refractivity (Wildman–Crippen MR) is 244 cm³/mol. The predicted octanol–water partition coefficient (Wildman–Crippen LogP) is 9.15. The number of nitrogens with two attached hydrogens (primary N) is 1. The average Bonchev–Trinajstić information content (AvgIpc) is 3.87. The first-order chi connectivity index (χ1) is 31.2. The van der Waals surface area contributed by atoms with Crippen LogP contribution >= 0.6 is 11.8 Å². The molecule has 3 aliphatic rings. The number of carbonyl (C=O) groups is 4. The number of aromatic nitrogens is 2. The number of hydrogen-bond donors (Lipinski definition) is 3. The fraction of sp³-hybridized carbons (Fsp3) is 0.500. The second kappa shape index (κ2) is 21.2. The van der Waals surface area contributed by atoms with E-state index < -0.39 is 29.7 Å². The summed E-state index contributed by atoms with van der Waals surface area (Å²) in [7, 11) is 1.54. The zero-order chi connectivity index (χ0) is 46.3. The van der Waals surface area contributed by atoms with Crippen molar-refractivity contribution in [1.82, 2.24) is 25.1 Å². The molecule has 3 aliphatic heterocycles. The van der Waals surface area contributed by atoms with Crippen LogP contribution in [0.2, 0.25) is 0 Å². The number of anilines is 2. The number of fused-ring (bicyclic) bond motifs is 2. The van der Waals surface area contributed by atoms with Crippen molar-refractivity contribution in [2.75, 3.05) is 37.0 Å². The molecular weight excluding hydrogens is 860 g/mol. The lowest BCUT2D eigenvalue weighted by Gasteiger charge is -2.29. The van der Waals surface area contributed by atoms with Crippen molar-refractivity contribution in [3.05, 3.63) is 76.6 Å². The molecule has 3 atom stereocenters. The maximum atomic E-state index is 13.5. The molecule has 7 rings (SSSR count). The van der Waals surface area contributed by atoms with Gasteiger partial charge in [0.15, 0.2) is 11.5 Å². The van der Waals surface area contributed by atoms with E-state index in [4.69, 9.17) is 15.2 Å². The third-order valence-corrected chi connectivity index (χ3v) is 13.6. The molecule has 17 heteroatoms. The molecule has 4 aromatic rings. The third kappa shape index (κ3) is 11.8. The van der Waals surface area contributed by atoms with Crippen LogP contribution in [-0.4, -0.2) is 81.5 Å². The number of piperidine rings is 1. The fourth-order valence-corrected chi connectivity index (χ4v) is 9.96.